The molecule has 0 saturated heterocycles. The van der Waals surface area contributed by atoms with Gasteiger partial charge in [-0.3, -0.25) is 0 Å². The molecule has 0 aliphatic heterocycles. The molecule has 3 unspecified atom stereocenters. The Morgan fingerprint density at radius 2 is 1.90 bits per heavy atom. The molecule has 0 spiro atoms. The Hall–Kier alpha value is -1.31. The van der Waals surface area contributed by atoms with Crippen molar-refractivity contribution in [2.24, 2.45) is 16.7 Å². The highest BCUT2D eigenvalue weighted by atomic mass is 16.5. The first kappa shape index (κ1) is 14.6. The van der Waals surface area contributed by atoms with Crippen LogP contribution in [0.3, 0.4) is 0 Å². The molecule has 114 valence electrons. The van der Waals surface area contributed by atoms with Crippen molar-refractivity contribution >= 4 is 5.97 Å². The number of esters is 1. The number of ether oxygens (including phenoxy) is 1. The lowest BCUT2D eigenvalue weighted by molar-refractivity contribution is -0.0242. The van der Waals surface area contributed by atoms with Crippen LogP contribution in [0.1, 0.15) is 61.5 Å². The molecule has 1 aromatic carbocycles. The van der Waals surface area contributed by atoms with Crippen LogP contribution in [-0.4, -0.2) is 12.1 Å². The molecule has 2 fully saturated rings. The highest BCUT2D eigenvalue weighted by Gasteiger charge is 2.62. The first-order valence-electron chi connectivity index (χ1n) is 8.04. The van der Waals surface area contributed by atoms with Gasteiger partial charge in [0, 0.05) is 5.41 Å². The Morgan fingerprint density at radius 1 is 1.19 bits per heavy atom. The molecule has 0 amide bonds. The maximum Gasteiger partial charge on any atom is 0.338 e. The van der Waals surface area contributed by atoms with Gasteiger partial charge < -0.3 is 4.74 Å². The van der Waals surface area contributed by atoms with Gasteiger partial charge in [-0.05, 0) is 67.7 Å². The summed E-state index contributed by atoms with van der Waals surface area (Å²) in [6.45, 7) is 11.1. The molecular formula is C19H26O2. The highest BCUT2D eigenvalue weighted by molar-refractivity contribution is 5.89. The third-order valence-electron chi connectivity index (χ3n) is 6.71. The summed E-state index contributed by atoms with van der Waals surface area (Å²) in [6.07, 6.45) is 3.55. The van der Waals surface area contributed by atoms with Crippen molar-refractivity contribution in [2.75, 3.05) is 0 Å². The number of carbonyl (C=O) groups is 1. The van der Waals surface area contributed by atoms with Crippen LogP contribution in [0.5, 0.6) is 0 Å². The molecule has 0 aromatic heterocycles. The van der Waals surface area contributed by atoms with E-state index < -0.39 is 0 Å². The van der Waals surface area contributed by atoms with Gasteiger partial charge >= 0.3 is 5.97 Å². The number of fused-ring (bicyclic) bond motifs is 2. The maximum atomic E-state index is 12.5. The number of hydrogen-bond acceptors (Lipinski definition) is 2. The normalized spacial score (nSPS) is 33.2. The summed E-state index contributed by atoms with van der Waals surface area (Å²) in [7, 11) is 0. The van der Waals surface area contributed by atoms with Gasteiger partial charge in [0.15, 0.2) is 0 Å². The van der Waals surface area contributed by atoms with E-state index in [4.69, 9.17) is 4.74 Å². The number of carbonyl (C=O) groups excluding carboxylic acids is 1. The predicted octanol–water partition coefficient (Wildman–Crippen LogP) is 4.68. The van der Waals surface area contributed by atoms with E-state index in [9.17, 15) is 4.79 Å². The van der Waals surface area contributed by atoms with Gasteiger partial charge in [-0.2, -0.15) is 0 Å². The van der Waals surface area contributed by atoms with Crippen molar-refractivity contribution in [3.8, 4) is 0 Å². The Kier molecular flexibility index (Phi) is 3.20. The number of rotatable bonds is 2. The van der Waals surface area contributed by atoms with E-state index in [0.29, 0.717) is 11.5 Å². The second-order valence-corrected chi connectivity index (χ2v) is 7.80. The van der Waals surface area contributed by atoms with Crippen molar-refractivity contribution in [1.82, 2.24) is 0 Å². The molecule has 2 aliphatic rings. The van der Waals surface area contributed by atoms with E-state index in [1.165, 1.54) is 18.4 Å². The fourth-order valence-electron chi connectivity index (χ4n) is 4.37. The van der Waals surface area contributed by atoms with Crippen molar-refractivity contribution in [3.63, 3.8) is 0 Å². The van der Waals surface area contributed by atoms with Gasteiger partial charge in [0.1, 0.15) is 6.10 Å². The Labute approximate surface area is 127 Å². The Morgan fingerprint density at radius 3 is 2.43 bits per heavy atom. The third kappa shape index (κ3) is 2.03. The topological polar surface area (TPSA) is 26.3 Å². The summed E-state index contributed by atoms with van der Waals surface area (Å²) in [5.74, 6) is 0.535. The standard InChI is InChI=1S/C19H26O2/c1-12-6-7-14(10-13(12)2)17(20)21-16-11-15-8-9-19(16,5)18(15,3)4/h6-7,10,15-16H,8-9,11H2,1-5H3. The molecule has 3 rings (SSSR count). The molecule has 0 radical (unpaired) electrons. The van der Waals surface area contributed by atoms with Crippen LogP contribution in [0.2, 0.25) is 0 Å². The minimum Gasteiger partial charge on any atom is -0.458 e. The second kappa shape index (κ2) is 4.59. The van der Waals surface area contributed by atoms with Gasteiger partial charge in [0.05, 0.1) is 5.56 Å². The first-order valence-corrected chi connectivity index (χ1v) is 8.04. The lowest BCUT2D eigenvalue weighted by Crippen LogP contribution is -2.38. The molecule has 2 heteroatoms. The van der Waals surface area contributed by atoms with Gasteiger partial charge in [-0.25, -0.2) is 4.79 Å². The lowest BCUT2D eigenvalue weighted by atomic mass is 9.70. The zero-order chi connectivity index (χ0) is 15.4. The summed E-state index contributed by atoms with van der Waals surface area (Å²) in [6, 6.07) is 5.82. The van der Waals surface area contributed by atoms with Crippen LogP contribution in [0.4, 0.5) is 0 Å². The average Bonchev–Trinajstić information content (AvgIpc) is 2.75. The first-order chi connectivity index (χ1) is 9.75. The van der Waals surface area contributed by atoms with Gasteiger partial charge in [0.2, 0.25) is 0 Å². The van der Waals surface area contributed by atoms with Crippen LogP contribution >= 0.6 is 0 Å². The summed E-state index contributed by atoms with van der Waals surface area (Å²) in [5, 5.41) is 0. The third-order valence-corrected chi connectivity index (χ3v) is 6.71. The minimum atomic E-state index is -0.160. The fourth-order valence-corrected chi connectivity index (χ4v) is 4.37. The number of hydrogen-bond donors (Lipinski definition) is 0. The number of aryl methyl sites for hydroxylation is 2. The molecule has 2 saturated carbocycles. The zero-order valence-corrected chi connectivity index (χ0v) is 13.8. The van der Waals surface area contributed by atoms with Crippen LogP contribution in [0, 0.1) is 30.6 Å². The van der Waals surface area contributed by atoms with E-state index in [1.54, 1.807) is 0 Å². The smallest absolute Gasteiger partial charge is 0.338 e. The molecular weight excluding hydrogens is 260 g/mol. The van der Waals surface area contributed by atoms with Crippen molar-refractivity contribution in [2.45, 2.75) is 60.0 Å². The van der Waals surface area contributed by atoms with E-state index in [-0.39, 0.29) is 22.9 Å². The Bertz CT molecular complexity index is 587. The van der Waals surface area contributed by atoms with Gasteiger partial charge in [0.25, 0.3) is 0 Å². The molecule has 2 bridgehead atoms. The van der Waals surface area contributed by atoms with Crippen LogP contribution in [-0.2, 0) is 4.74 Å². The monoisotopic (exact) mass is 286 g/mol. The van der Waals surface area contributed by atoms with Gasteiger partial charge in [-0.15, -0.1) is 0 Å². The maximum absolute atomic E-state index is 12.5. The lowest BCUT2D eigenvalue weighted by Gasteiger charge is -2.38. The molecule has 21 heavy (non-hydrogen) atoms. The predicted molar refractivity (Wildman–Crippen MR) is 84.3 cm³/mol. The van der Waals surface area contributed by atoms with Crippen molar-refractivity contribution in [3.05, 3.63) is 34.9 Å². The molecule has 1 aromatic rings. The summed E-state index contributed by atoms with van der Waals surface area (Å²) in [4.78, 5) is 12.5. The average molecular weight is 286 g/mol. The van der Waals surface area contributed by atoms with Gasteiger partial charge in [-0.1, -0.05) is 26.8 Å². The van der Waals surface area contributed by atoms with Crippen LogP contribution in [0.15, 0.2) is 18.2 Å². The molecule has 0 N–H and O–H groups in total. The van der Waals surface area contributed by atoms with Crippen LogP contribution < -0.4 is 0 Å². The fraction of sp³-hybridized carbons (Fsp3) is 0.632. The summed E-state index contributed by atoms with van der Waals surface area (Å²) >= 11 is 0. The summed E-state index contributed by atoms with van der Waals surface area (Å²) in [5.41, 5.74) is 3.44. The molecule has 3 atom stereocenters. The highest BCUT2D eigenvalue weighted by Crippen LogP contribution is 2.66. The summed E-state index contributed by atoms with van der Waals surface area (Å²) < 4.78 is 5.93. The molecule has 2 aliphatic carbocycles. The SMILES string of the molecule is Cc1ccc(C(=O)OC2CC3CCC2(C)C3(C)C)cc1C. The molecule has 2 nitrogen and oxygen atoms in total. The van der Waals surface area contributed by atoms with Crippen LogP contribution in [0.25, 0.3) is 0 Å². The van der Waals surface area contributed by atoms with Crippen molar-refractivity contribution < 1.29 is 9.53 Å². The van der Waals surface area contributed by atoms with E-state index in [0.717, 1.165) is 12.0 Å². The van der Waals surface area contributed by atoms with E-state index in [2.05, 4.69) is 27.7 Å². The molecule has 0 heterocycles. The quantitative estimate of drug-likeness (QED) is 0.738. The largest absolute Gasteiger partial charge is 0.458 e. The zero-order valence-electron chi connectivity index (χ0n) is 13.8. The minimum absolute atomic E-state index is 0.0698. The second-order valence-electron chi connectivity index (χ2n) is 7.80. The van der Waals surface area contributed by atoms with Crippen molar-refractivity contribution in [1.29, 1.82) is 0 Å². The van der Waals surface area contributed by atoms with E-state index in [1.807, 2.05) is 25.1 Å². The number of benzene rings is 1. The Balaban J connectivity index is 1.79. The van der Waals surface area contributed by atoms with E-state index >= 15 is 0 Å².